The summed E-state index contributed by atoms with van der Waals surface area (Å²) in [6, 6.07) is 6.94. The molecule has 2 rings (SSSR count). The maximum absolute atomic E-state index is 13.5. The molecule has 144 valence electrons. The van der Waals surface area contributed by atoms with Gasteiger partial charge in [0.05, 0.1) is 5.56 Å². The second kappa shape index (κ2) is 8.02. The van der Waals surface area contributed by atoms with Gasteiger partial charge in [0.2, 0.25) is 0 Å². The van der Waals surface area contributed by atoms with Crippen molar-refractivity contribution in [1.29, 1.82) is 0 Å². The Balaban J connectivity index is 1.99. The molecule has 0 heterocycles. The third kappa shape index (κ3) is 5.16. The highest BCUT2D eigenvalue weighted by Gasteiger charge is 2.34. The molecule has 2 amide bonds. The van der Waals surface area contributed by atoms with Crippen molar-refractivity contribution in [1.82, 2.24) is 10.9 Å². The SMILES string of the molecule is CC(Oc1ccccc1F)C(=O)NNC(=O)c1ccc(F)c(C(F)(F)F)c1. The fourth-order valence-electron chi connectivity index (χ4n) is 1.96. The van der Waals surface area contributed by atoms with Crippen LogP contribution < -0.4 is 15.6 Å². The van der Waals surface area contributed by atoms with Crippen LogP contribution in [0.5, 0.6) is 5.75 Å². The lowest BCUT2D eigenvalue weighted by molar-refractivity contribution is -0.140. The number of nitrogens with one attached hydrogen (secondary N) is 2. The molecule has 5 nitrogen and oxygen atoms in total. The summed E-state index contributed by atoms with van der Waals surface area (Å²) >= 11 is 0. The first-order chi connectivity index (χ1) is 12.6. The lowest BCUT2D eigenvalue weighted by Crippen LogP contribution is -2.47. The van der Waals surface area contributed by atoms with Crippen LogP contribution in [0.2, 0.25) is 0 Å². The van der Waals surface area contributed by atoms with Crippen LogP contribution in [0, 0.1) is 11.6 Å². The second-order valence-corrected chi connectivity index (χ2v) is 5.33. The molecule has 0 bridgehead atoms. The molecular formula is C17H13F5N2O3. The predicted molar refractivity (Wildman–Crippen MR) is 83.5 cm³/mol. The topological polar surface area (TPSA) is 67.4 Å². The Morgan fingerprint density at radius 1 is 1.00 bits per heavy atom. The van der Waals surface area contributed by atoms with Crippen LogP contribution >= 0.6 is 0 Å². The van der Waals surface area contributed by atoms with Gasteiger partial charge in [-0.25, -0.2) is 8.78 Å². The third-order valence-electron chi connectivity index (χ3n) is 3.34. The highest BCUT2D eigenvalue weighted by molar-refractivity contribution is 5.96. The predicted octanol–water partition coefficient (Wildman–Crippen LogP) is 3.21. The van der Waals surface area contributed by atoms with Gasteiger partial charge in [-0.1, -0.05) is 12.1 Å². The van der Waals surface area contributed by atoms with E-state index in [0.29, 0.717) is 12.1 Å². The highest BCUT2D eigenvalue weighted by atomic mass is 19.4. The molecule has 0 aliphatic heterocycles. The number of alkyl halides is 3. The highest BCUT2D eigenvalue weighted by Crippen LogP contribution is 2.31. The van der Waals surface area contributed by atoms with E-state index in [1.807, 2.05) is 10.9 Å². The summed E-state index contributed by atoms with van der Waals surface area (Å²) < 4.78 is 69.8. The quantitative estimate of drug-likeness (QED) is 0.625. The number of hydrogen-bond donors (Lipinski definition) is 2. The molecule has 0 fully saturated rings. The summed E-state index contributed by atoms with van der Waals surface area (Å²) in [6.45, 7) is 1.27. The van der Waals surface area contributed by atoms with Crippen molar-refractivity contribution in [3.8, 4) is 5.75 Å². The van der Waals surface area contributed by atoms with E-state index in [4.69, 9.17) is 4.74 Å². The van der Waals surface area contributed by atoms with Gasteiger partial charge in [0, 0.05) is 5.56 Å². The molecule has 0 aliphatic carbocycles. The zero-order chi connectivity index (χ0) is 20.2. The zero-order valence-electron chi connectivity index (χ0n) is 13.7. The molecule has 0 radical (unpaired) electrons. The summed E-state index contributed by atoms with van der Waals surface area (Å²) in [5.41, 5.74) is 1.67. The maximum atomic E-state index is 13.5. The number of amides is 2. The van der Waals surface area contributed by atoms with Crippen molar-refractivity contribution >= 4 is 11.8 Å². The van der Waals surface area contributed by atoms with Gasteiger partial charge in [-0.3, -0.25) is 20.4 Å². The summed E-state index contributed by atoms with van der Waals surface area (Å²) in [5.74, 6) is -4.42. The molecule has 2 aromatic carbocycles. The summed E-state index contributed by atoms with van der Waals surface area (Å²) in [4.78, 5) is 23.7. The minimum atomic E-state index is -4.98. The average Bonchev–Trinajstić information content (AvgIpc) is 2.60. The van der Waals surface area contributed by atoms with Crippen molar-refractivity contribution < 1.29 is 36.3 Å². The smallest absolute Gasteiger partial charge is 0.419 e. The van der Waals surface area contributed by atoms with Gasteiger partial charge in [0.25, 0.3) is 11.8 Å². The molecule has 0 aliphatic rings. The minimum absolute atomic E-state index is 0.195. The van der Waals surface area contributed by atoms with E-state index in [-0.39, 0.29) is 5.75 Å². The molecule has 2 N–H and O–H groups in total. The summed E-state index contributed by atoms with van der Waals surface area (Å²) in [5, 5.41) is 0. The number of hydrazine groups is 1. The molecule has 0 spiro atoms. The van der Waals surface area contributed by atoms with Gasteiger partial charge in [0.1, 0.15) is 5.82 Å². The second-order valence-electron chi connectivity index (χ2n) is 5.33. The monoisotopic (exact) mass is 388 g/mol. The van der Waals surface area contributed by atoms with Crippen LogP contribution in [0.25, 0.3) is 0 Å². The number of halogens is 5. The summed E-state index contributed by atoms with van der Waals surface area (Å²) in [7, 11) is 0. The molecule has 0 aromatic heterocycles. The van der Waals surface area contributed by atoms with Crippen molar-refractivity contribution in [2.45, 2.75) is 19.2 Å². The van der Waals surface area contributed by atoms with Crippen LogP contribution in [-0.2, 0) is 11.0 Å². The van der Waals surface area contributed by atoms with E-state index in [0.717, 1.165) is 12.1 Å². The van der Waals surface area contributed by atoms with Crippen molar-refractivity contribution in [2.24, 2.45) is 0 Å². The normalized spacial score (nSPS) is 12.2. The first-order valence-corrected chi connectivity index (χ1v) is 7.47. The van der Waals surface area contributed by atoms with Gasteiger partial charge < -0.3 is 4.74 Å². The molecule has 1 atom stereocenters. The van der Waals surface area contributed by atoms with Gasteiger partial charge in [-0.05, 0) is 37.3 Å². The Hall–Kier alpha value is -3.17. The minimum Gasteiger partial charge on any atom is -0.478 e. The number of ether oxygens (including phenoxy) is 1. The lowest BCUT2D eigenvalue weighted by atomic mass is 10.1. The van der Waals surface area contributed by atoms with Crippen LogP contribution in [0.4, 0.5) is 22.0 Å². The first-order valence-electron chi connectivity index (χ1n) is 7.47. The Morgan fingerprint density at radius 3 is 2.30 bits per heavy atom. The van der Waals surface area contributed by atoms with Gasteiger partial charge in [-0.2, -0.15) is 13.2 Å². The number of para-hydroxylation sites is 1. The van der Waals surface area contributed by atoms with Gasteiger partial charge in [-0.15, -0.1) is 0 Å². The van der Waals surface area contributed by atoms with Crippen LogP contribution in [-0.4, -0.2) is 17.9 Å². The van der Waals surface area contributed by atoms with E-state index < -0.39 is 46.9 Å². The molecule has 2 aromatic rings. The molecule has 27 heavy (non-hydrogen) atoms. The van der Waals surface area contributed by atoms with Crippen molar-refractivity contribution in [3.63, 3.8) is 0 Å². The number of rotatable bonds is 4. The number of benzene rings is 2. The number of carbonyl (C=O) groups excluding carboxylic acids is 2. The van der Waals surface area contributed by atoms with Crippen LogP contribution in [0.3, 0.4) is 0 Å². The Kier molecular flexibility index (Phi) is 5.98. The fraction of sp³-hybridized carbons (Fsp3) is 0.176. The third-order valence-corrected chi connectivity index (χ3v) is 3.34. The Morgan fingerprint density at radius 2 is 1.67 bits per heavy atom. The lowest BCUT2D eigenvalue weighted by Gasteiger charge is -2.16. The van der Waals surface area contributed by atoms with E-state index in [2.05, 4.69) is 0 Å². The van der Waals surface area contributed by atoms with Gasteiger partial charge >= 0.3 is 6.18 Å². The number of carbonyl (C=O) groups is 2. The van der Waals surface area contributed by atoms with Crippen molar-refractivity contribution in [2.75, 3.05) is 0 Å². The largest absolute Gasteiger partial charge is 0.478 e. The Labute approximate surface area is 150 Å². The average molecular weight is 388 g/mol. The molecule has 1 unspecified atom stereocenters. The maximum Gasteiger partial charge on any atom is 0.419 e. The Bertz CT molecular complexity index is 855. The molecule has 10 heteroatoms. The van der Waals surface area contributed by atoms with E-state index in [1.54, 1.807) is 0 Å². The number of hydrogen-bond acceptors (Lipinski definition) is 3. The van der Waals surface area contributed by atoms with Gasteiger partial charge in [0.15, 0.2) is 17.7 Å². The fourth-order valence-corrected chi connectivity index (χ4v) is 1.96. The van der Waals surface area contributed by atoms with E-state index in [9.17, 15) is 31.5 Å². The van der Waals surface area contributed by atoms with Crippen LogP contribution in [0.1, 0.15) is 22.8 Å². The molecule has 0 saturated carbocycles. The van der Waals surface area contributed by atoms with Crippen molar-refractivity contribution in [3.05, 3.63) is 65.2 Å². The molecular weight excluding hydrogens is 375 g/mol. The van der Waals surface area contributed by atoms with E-state index in [1.165, 1.54) is 25.1 Å². The molecule has 0 saturated heterocycles. The first kappa shape index (κ1) is 20.1. The standard InChI is InChI=1S/C17H13F5N2O3/c1-9(27-14-5-3-2-4-13(14)19)15(25)23-24-16(26)10-6-7-12(18)11(8-10)17(20,21)22/h2-9H,1H3,(H,23,25)(H,24,26). The summed E-state index contributed by atoms with van der Waals surface area (Å²) in [6.07, 6.45) is -6.20. The zero-order valence-corrected chi connectivity index (χ0v) is 13.7. The van der Waals surface area contributed by atoms with E-state index >= 15 is 0 Å². The van der Waals surface area contributed by atoms with Crippen LogP contribution in [0.15, 0.2) is 42.5 Å².